The zero-order chi connectivity index (χ0) is 21.8. The number of benzene rings is 1. The third-order valence-electron chi connectivity index (χ3n) is 5.75. The average molecular weight is 450 g/mol. The van der Waals surface area contributed by atoms with Crippen LogP contribution in [0.4, 0.5) is 11.8 Å². The van der Waals surface area contributed by atoms with Gasteiger partial charge in [-0.2, -0.15) is 21.3 Å². The minimum Gasteiger partial charge on any atom is -0.395 e. The number of imidazole rings is 1. The minimum absolute atomic E-state index is 0.0272. The van der Waals surface area contributed by atoms with Crippen molar-refractivity contribution in [1.29, 1.82) is 0 Å². The zero-order valence-electron chi connectivity index (χ0n) is 17.8. The summed E-state index contributed by atoms with van der Waals surface area (Å²) in [7, 11) is 0. The largest absolute Gasteiger partial charge is 0.395 e. The lowest BCUT2D eigenvalue weighted by Crippen LogP contribution is -2.39. The lowest BCUT2D eigenvalue weighted by molar-refractivity contribution is 0.211. The summed E-state index contributed by atoms with van der Waals surface area (Å²) in [5, 5.41) is 20.1. The molecule has 9 heteroatoms. The molecule has 0 atom stereocenters. The number of hydrogen-bond donors (Lipinski definition) is 3. The van der Waals surface area contributed by atoms with Crippen LogP contribution in [0.15, 0.2) is 53.5 Å². The van der Waals surface area contributed by atoms with Gasteiger partial charge in [0, 0.05) is 37.6 Å². The first-order valence-corrected chi connectivity index (χ1v) is 11.9. The van der Waals surface area contributed by atoms with Gasteiger partial charge in [-0.3, -0.25) is 9.47 Å². The maximum Gasteiger partial charge on any atom is 0.227 e. The Labute approximate surface area is 191 Å². The van der Waals surface area contributed by atoms with E-state index < -0.39 is 0 Å². The number of hydrogen-bond acceptors (Lipinski definition) is 8. The second-order valence-corrected chi connectivity index (χ2v) is 8.77. The Bertz CT molecular complexity index is 1140. The lowest BCUT2D eigenvalue weighted by atomic mass is 10.0. The van der Waals surface area contributed by atoms with Gasteiger partial charge in [-0.1, -0.05) is 30.3 Å². The van der Waals surface area contributed by atoms with Crippen LogP contribution >= 0.6 is 11.3 Å². The first kappa shape index (κ1) is 20.9. The first-order chi connectivity index (χ1) is 15.8. The van der Waals surface area contributed by atoms with Gasteiger partial charge in [-0.05, 0) is 29.9 Å². The number of aromatic nitrogens is 4. The van der Waals surface area contributed by atoms with Crippen LogP contribution in [0.2, 0.25) is 0 Å². The molecule has 0 aliphatic carbocycles. The molecule has 32 heavy (non-hydrogen) atoms. The molecule has 0 amide bonds. The zero-order valence-corrected chi connectivity index (χ0v) is 18.6. The fourth-order valence-electron chi connectivity index (χ4n) is 4.11. The average Bonchev–Trinajstić information content (AvgIpc) is 3.49. The number of anilines is 2. The Morgan fingerprint density at radius 3 is 2.69 bits per heavy atom. The molecule has 166 valence electrons. The molecule has 1 aliphatic heterocycles. The van der Waals surface area contributed by atoms with E-state index in [-0.39, 0.29) is 6.61 Å². The fraction of sp³-hybridized carbons (Fsp3) is 0.348. The molecule has 4 aromatic rings. The summed E-state index contributed by atoms with van der Waals surface area (Å²) >= 11 is 1.64. The van der Waals surface area contributed by atoms with Crippen LogP contribution < -0.4 is 10.6 Å². The van der Waals surface area contributed by atoms with Crippen LogP contribution in [0, 0.1) is 0 Å². The monoisotopic (exact) mass is 449 g/mol. The van der Waals surface area contributed by atoms with E-state index in [1.54, 1.807) is 17.7 Å². The molecule has 0 radical (unpaired) electrons. The fourth-order valence-corrected chi connectivity index (χ4v) is 4.73. The molecule has 5 rings (SSSR count). The molecule has 4 heterocycles. The highest BCUT2D eigenvalue weighted by molar-refractivity contribution is 7.08. The number of rotatable bonds is 8. The molecule has 0 unspecified atom stereocenters. The van der Waals surface area contributed by atoms with Gasteiger partial charge in [0.2, 0.25) is 5.95 Å². The van der Waals surface area contributed by atoms with Crippen molar-refractivity contribution in [3.05, 3.63) is 59.0 Å². The predicted octanol–water partition coefficient (Wildman–Crippen LogP) is 3.36. The highest BCUT2D eigenvalue weighted by atomic mass is 32.1. The molecule has 3 N–H and O–H groups in total. The summed E-state index contributed by atoms with van der Waals surface area (Å²) in [4.78, 5) is 16.5. The number of piperidine rings is 1. The second-order valence-electron chi connectivity index (χ2n) is 7.99. The van der Waals surface area contributed by atoms with Gasteiger partial charge in [0.1, 0.15) is 6.33 Å². The van der Waals surface area contributed by atoms with E-state index in [9.17, 15) is 5.11 Å². The summed E-state index contributed by atoms with van der Waals surface area (Å²) in [6.45, 7) is 3.51. The molecule has 0 bridgehead atoms. The topological polar surface area (TPSA) is 91.1 Å². The summed E-state index contributed by atoms with van der Waals surface area (Å²) in [5.74, 6) is 1.23. The highest BCUT2D eigenvalue weighted by Gasteiger charge is 2.21. The van der Waals surface area contributed by atoms with Crippen LogP contribution in [0.1, 0.15) is 18.4 Å². The third kappa shape index (κ3) is 4.59. The van der Waals surface area contributed by atoms with Crippen LogP contribution in [0.5, 0.6) is 0 Å². The highest BCUT2D eigenvalue weighted by Crippen LogP contribution is 2.25. The standard InChI is InChI=1S/C23H27N7OS/c31-12-9-24-21-20-22(30(16-25-20)19-8-13-32-15-19)28-23(27-21)26-18-6-10-29(11-7-18)14-17-4-2-1-3-5-17/h1-5,8,13,15-16,18,31H,6-7,9-12,14H2,(H2,24,26,27,28). The SMILES string of the molecule is OCCNc1nc(NC2CCN(Cc3ccccc3)CC2)nc2c1ncn2-c1ccsc1. The van der Waals surface area contributed by atoms with Gasteiger partial charge in [0.25, 0.3) is 0 Å². The van der Waals surface area contributed by atoms with E-state index in [1.807, 2.05) is 16.0 Å². The normalized spacial score (nSPS) is 15.3. The molecule has 0 spiro atoms. The third-order valence-corrected chi connectivity index (χ3v) is 6.43. The van der Waals surface area contributed by atoms with Crippen molar-refractivity contribution in [2.75, 3.05) is 36.9 Å². The number of aliphatic hydroxyl groups is 1. The molecular weight excluding hydrogens is 422 g/mol. The summed E-state index contributed by atoms with van der Waals surface area (Å²) in [6.07, 6.45) is 3.85. The number of nitrogens with zero attached hydrogens (tertiary/aromatic N) is 5. The molecule has 3 aromatic heterocycles. The predicted molar refractivity (Wildman–Crippen MR) is 128 cm³/mol. The Morgan fingerprint density at radius 1 is 1.09 bits per heavy atom. The van der Waals surface area contributed by atoms with Crippen LogP contribution in [-0.2, 0) is 6.54 Å². The van der Waals surface area contributed by atoms with E-state index in [0.29, 0.717) is 29.9 Å². The Morgan fingerprint density at radius 2 is 1.94 bits per heavy atom. The van der Waals surface area contributed by atoms with E-state index in [4.69, 9.17) is 4.98 Å². The smallest absolute Gasteiger partial charge is 0.227 e. The van der Waals surface area contributed by atoms with Gasteiger partial charge < -0.3 is 15.7 Å². The Balaban J connectivity index is 1.32. The molecule has 0 saturated carbocycles. The van der Waals surface area contributed by atoms with E-state index >= 15 is 0 Å². The quantitative estimate of drug-likeness (QED) is 0.380. The Hall–Kier alpha value is -3.01. The Kier molecular flexibility index (Phi) is 6.29. The first-order valence-electron chi connectivity index (χ1n) is 11.0. The van der Waals surface area contributed by atoms with Gasteiger partial charge >= 0.3 is 0 Å². The van der Waals surface area contributed by atoms with Crippen molar-refractivity contribution < 1.29 is 5.11 Å². The molecule has 1 aliphatic rings. The maximum atomic E-state index is 9.27. The van der Waals surface area contributed by atoms with Gasteiger partial charge in [0.05, 0.1) is 12.3 Å². The maximum absolute atomic E-state index is 9.27. The van der Waals surface area contributed by atoms with Gasteiger partial charge in [-0.25, -0.2) is 4.98 Å². The number of likely N-dealkylation sites (tertiary alicyclic amines) is 1. The van der Waals surface area contributed by atoms with Crippen molar-refractivity contribution in [2.24, 2.45) is 0 Å². The van der Waals surface area contributed by atoms with Crippen molar-refractivity contribution in [3.8, 4) is 5.69 Å². The van der Waals surface area contributed by atoms with E-state index in [2.05, 4.69) is 61.2 Å². The summed E-state index contributed by atoms with van der Waals surface area (Å²) in [6, 6.07) is 13.0. The number of fused-ring (bicyclic) bond motifs is 1. The summed E-state index contributed by atoms with van der Waals surface area (Å²) < 4.78 is 1.98. The van der Waals surface area contributed by atoms with Gasteiger partial charge in [0.15, 0.2) is 17.0 Å². The van der Waals surface area contributed by atoms with Crippen LogP contribution in [0.3, 0.4) is 0 Å². The van der Waals surface area contributed by atoms with E-state index in [1.165, 1.54) is 5.56 Å². The molecule has 1 aromatic carbocycles. The number of aliphatic hydroxyl groups excluding tert-OH is 1. The van der Waals surface area contributed by atoms with Crippen LogP contribution in [0.25, 0.3) is 16.9 Å². The van der Waals surface area contributed by atoms with Gasteiger partial charge in [-0.15, -0.1) is 0 Å². The van der Waals surface area contributed by atoms with E-state index in [0.717, 1.165) is 43.8 Å². The van der Waals surface area contributed by atoms with Crippen molar-refractivity contribution in [2.45, 2.75) is 25.4 Å². The van der Waals surface area contributed by atoms with Crippen molar-refractivity contribution >= 4 is 34.3 Å². The van der Waals surface area contributed by atoms with Crippen molar-refractivity contribution in [1.82, 2.24) is 24.4 Å². The second kappa shape index (κ2) is 9.64. The number of thiophene rings is 1. The van der Waals surface area contributed by atoms with Crippen LogP contribution in [-0.4, -0.2) is 61.8 Å². The molecular formula is C23H27N7OS. The minimum atomic E-state index is 0.0272. The lowest BCUT2D eigenvalue weighted by Gasteiger charge is -2.32. The van der Waals surface area contributed by atoms with Crippen molar-refractivity contribution in [3.63, 3.8) is 0 Å². The molecule has 1 saturated heterocycles. The summed E-state index contributed by atoms with van der Waals surface area (Å²) in [5.41, 5.74) is 3.84. The molecule has 8 nitrogen and oxygen atoms in total. The molecule has 1 fully saturated rings. The number of nitrogens with one attached hydrogen (secondary N) is 2.